The Kier molecular flexibility index (Phi) is 5.67. The third-order valence-corrected chi connectivity index (χ3v) is 7.16. The van der Waals surface area contributed by atoms with E-state index in [1.807, 2.05) is 24.3 Å². The van der Waals surface area contributed by atoms with Gasteiger partial charge in [-0.05, 0) is 55.6 Å². The minimum Gasteiger partial charge on any atom is -0.325 e. The van der Waals surface area contributed by atoms with Gasteiger partial charge in [-0.1, -0.05) is 24.3 Å². The zero-order valence-electron chi connectivity index (χ0n) is 18.4. The maximum atomic E-state index is 14.1. The molecule has 8 nitrogen and oxygen atoms in total. The number of hydrogen-bond donors (Lipinski definition) is 2. The van der Waals surface area contributed by atoms with E-state index < -0.39 is 23.5 Å². The first-order chi connectivity index (χ1) is 16.3. The molecule has 0 aliphatic carbocycles. The number of piperidine rings is 1. The number of nitrogens with one attached hydrogen (secondary N) is 2. The van der Waals surface area contributed by atoms with E-state index in [4.69, 9.17) is 0 Å². The van der Waals surface area contributed by atoms with Gasteiger partial charge in [0, 0.05) is 25.0 Å². The normalized spacial score (nSPS) is 21.6. The maximum absolute atomic E-state index is 14.1. The molecule has 3 amide bonds. The molecular weight excluding hydrogens is 449 g/mol. The summed E-state index contributed by atoms with van der Waals surface area (Å²) in [4.78, 5) is 28.1. The fraction of sp³-hybridized carbons (Fsp3) is 0.478. The number of halogens is 3. The molecule has 1 atom stereocenters. The van der Waals surface area contributed by atoms with Crippen molar-refractivity contribution in [2.75, 3.05) is 25.0 Å². The highest BCUT2D eigenvalue weighted by Crippen LogP contribution is 2.50. The molecule has 2 aromatic rings. The third-order valence-electron chi connectivity index (χ3n) is 7.16. The van der Waals surface area contributed by atoms with Crippen molar-refractivity contribution >= 4 is 17.8 Å². The standard InChI is InChI=1S/C23H25F3N6O2/c24-23(25,26)20-22(7-10-27-11-8-22)9-12-32(20)19(33)17-5-6-18(30-29-17)28-21(34)31-13-15-3-1-2-4-16(15)14-31/h1-6,20,27H,7-14H2,(H,28,30,34). The predicted octanol–water partition coefficient (Wildman–Crippen LogP) is 3.17. The molecule has 3 aliphatic heterocycles. The van der Waals surface area contributed by atoms with Crippen LogP contribution >= 0.6 is 0 Å². The van der Waals surface area contributed by atoms with Crippen molar-refractivity contribution in [3.8, 4) is 0 Å². The van der Waals surface area contributed by atoms with E-state index in [1.54, 1.807) is 4.90 Å². The second-order valence-corrected chi connectivity index (χ2v) is 9.16. The molecular formula is C23H25F3N6O2. The van der Waals surface area contributed by atoms with Crippen LogP contribution in [-0.4, -0.2) is 63.8 Å². The molecule has 2 N–H and O–H groups in total. The summed E-state index contributed by atoms with van der Waals surface area (Å²) in [5.74, 6) is -0.667. The third kappa shape index (κ3) is 4.08. The van der Waals surface area contributed by atoms with E-state index in [-0.39, 0.29) is 24.1 Å². The Hall–Kier alpha value is -3.21. The maximum Gasteiger partial charge on any atom is 0.409 e. The molecule has 11 heteroatoms. The van der Waals surface area contributed by atoms with Crippen LogP contribution in [0.4, 0.5) is 23.8 Å². The van der Waals surface area contributed by atoms with Crippen LogP contribution in [0.15, 0.2) is 36.4 Å². The summed E-state index contributed by atoms with van der Waals surface area (Å²) in [5, 5.41) is 13.4. The lowest BCUT2D eigenvalue weighted by Crippen LogP contribution is -2.55. The van der Waals surface area contributed by atoms with Gasteiger partial charge in [0.2, 0.25) is 0 Å². The van der Waals surface area contributed by atoms with Crippen molar-refractivity contribution in [3.63, 3.8) is 0 Å². The number of urea groups is 1. The van der Waals surface area contributed by atoms with Crippen LogP contribution < -0.4 is 10.6 Å². The van der Waals surface area contributed by atoms with Gasteiger partial charge in [-0.25, -0.2) is 4.79 Å². The second-order valence-electron chi connectivity index (χ2n) is 9.16. The van der Waals surface area contributed by atoms with Crippen LogP contribution in [0.3, 0.4) is 0 Å². The zero-order valence-corrected chi connectivity index (χ0v) is 18.4. The zero-order chi connectivity index (χ0) is 23.9. The second kappa shape index (κ2) is 8.53. The number of aromatic nitrogens is 2. The van der Waals surface area contributed by atoms with Crippen LogP contribution in [0.25, 0.3) is 0 Å². The van der Waals surface area contributed by atoms with E-state index in [1.165, 1.54) is 12.1 Å². The minimum atomic E-state index is -4.53. The lowest BCUT2D eigenvalue weighted by Gasteiger charge is -2.41. The quantitative estimate of drug-likeness (QED) is 0.698. The number of nitrogens with zero attached hydrogens (tertiary/aromatic N) is 4. The van der Waals surface area contributed by atoms with Crippen molar-refractivity contribution in [1.82, 2.24) is 25.3 Å². The summed E-state index contributed by atoms with van der Waals surface area (Å²) in [7, 11) is 0. The molecule has 2 fully saturated rings. The Balaban J connectivity index is 1.27. The lowest BCUT2D eigenvalue weighted by molar-refractivity contribution is -0.196. The van der Waals surface area contributed by atoms with Crippen LogP contribution in [0, 0.1) is 5.41 Å². The summed E-state index contributed by atoms with van der Waals surface area (Å²) < 4.78 is 42.2. The number of benzene rings is 1. The Bertz CT molecular complexity index is 1060. The van der Waals surface area contributed by atoms with Gasteiger partial charge in [0.15, 0.2) is 11.5 Å². The van der Waals surface area contributed by atoms with Crippen molar-refractivity contribution in [2.45, 2.75) is 44.6 Å². The van der Waals surface area contributed by atoms with Crippen LogP contribution in [0.2, 0.25) is 0 Å². The molecule has 1 aromatic heterocycles. The van der Waals surface area contributed by atoms with E-state index in [2.05, 4.69) is 20.8 Å². The van der Waals surface area contributed by atoms with Crippen molar-refractivity contribution in [2.24, 2.45) is 5.41 Å². The topological polar surface area (TPSA) is 90.5 Å². The van der Waals surface area contributed by atoms with Gasteiger partial charge in [0.1, 0.15) is 6.04 Å². The van der Waals surface area contributed by atoms with E-state index in [9.17, 15) is 22.8 Å². The van der Waals surface area contributed by atoms with Crippen molar-refractivity contribution < 1.29 is 22.8 Å². The van der Waals surface area contributed by atoms with Crippen LogP contribution in [-0.2, 0) is 13.1 Å². The number of hydrogen-bond acceptors (Lipinski definition) is 5. The van der Waals surface area contributed by atoms with Crippen LogP contribution in [0.5, 0.6) is 0 Å². The van der Waals surface area contributed by atoms with E-state index >= 15 is 0 Å². The van der Waals surface area contributed by atoms with Crippen LogP contribution in [0.1, 0.15) is 40.9 Å². The monoisotopic (exact) mass is 474 g/mol. The molecule has 1 spiro atoms. The SMILES string of the molecule is O=C(Nc1ccc(C(=O)N2CCC3(CCNCC3)C2C(F)(F)F)nn1)N1Cc2ccccc2C1. The Labute approximate surface area is 194 Å². The van der Waals surface area contributed by atoms with Gasteiger partial charge in [0.05, 0.1) is 0 Å². The highest BCUT2D eigenvalue weighted by atomic mass is 19.4. The Morgan fingerprint density at radius 1 is 1.00 bits per heavy atom. The smallest absolute Gasteiger partial charge is 0.325 e. The first-order valence-corrected chi connectivity index (χ1v) is 11.3. The Morgan fingerprint density at radius 2 is 1.68 bits per heavy atom. The molecule has 34 heavy (non-hydrogen) atoms. The average molecular weight is 474 g/mol. The molecule has 0 radical (unpaired) electrons. The Morgan fingerprint density at radius 3 is 2.26 bits per heavy atom. The molecule has 0 saturated carbocycles. The number of rotatable bonds is 2. The highest BCUT2D eigenvalue weighted by molar-refractivity contribution is 5.93. The van der Waals surface area contributed by atoms with Crippen molar-refractivity contribution in [3.05, 3.63) is 53.2 Å². The van der Waals surface area contributed by atoms with E-state index in [0.29, 0.717) is 45.4 Å². The molecule has 5 rings (SSSR count). The molecule has 3 aliphatic rings. The summed E-state index contributed by atoms with van der Waals surface area (Å²) in [6.45, 7) is 1.97. The number of likely N-dealkylation sites (tertiary alicyclic amines) is 1. The first kappa shape index (κ1) is 22.6. The van der Waals surface area contributed by atoms with Gasteiger partial charge < -0.3 is 15.1 Å². The van der Waals surface area contributed by atoms with Gasteiger partial charge in [-0.15, -0.1) is 10.2 Å². The summed E-state index contributed by atoms with van der Waals surface area (Å²) in [6.07, 6.45) is -3.47. The number of alkyl halides is 3. The predicted molar refractivity (Wildman–Crippen MR) is 117 cm³/mol. The lowest BCUT2D eigenvalue weighted by atomic mass is 9.72. The number of fused-ring (bicyclic) bond motifs is 1. The van der Waals surface area contributed by atoms with Gasteiger partial charge in [-0.2, -0.15) is 13.2 Å². The van der Waals surface area contributed by atoms with Crippen molar-refractivity contribution in [1.29, 1.82) is 0 Å². The molecule has 180 valence electrons. The number of anilines is 1. The number of carbonyl (C=O) groups excluding carboxylic acids is 2. The summed E-state index contributed by atoms with van der Waals surface area (Å²) in [6, 6.07) is 8.25. The van der Waals surface area contributed by atoms with Gasteiger partial charge in [0.25, 0.3) is 5.91 Å². The number of amides is 3. The molecule has 4 heterocycles. The van der Waals surface area contributed by atoms with Gasteiger partial charge >= 0.3 is 12.2 Å². The summed E-state index contributed by atoms with van der Waals surface area (Å²) in [5.41, 5.74) is 1.00. The first-order valence-electron chi connectivity index (χ1n) is 11.3. The van der Waals surface area contributed by atoms with Gasteiger partial charge in [-0.3, -0.25) is 10.1 Å². The summed E-state index contributed by atoms with van der Waals surface area (Å²) >= 11 is 0. The fourth-order valence-electron chi connectivity index (χ4n) is 5.46. The van der Waals surface area contributed by atoms with E-state index in [0.717, 1.165) is 16.0 Å². The average Bonchev–Trinajstić information content (AvgIpc) is 3.41. The molecule has 1 aromatic carbocycles. The molecule has 2 saturated heterocycles. The minimum absolute atomic E-state index is 0.0265. The largest absolute Gasteiger partial charge is 0.409 e. The molecule has 0 bridgehead atoms. The molecule has 1 unspecified atom stereocenters. The highest BCUT2D eigenvalue weighted by Gasteiger charge is 2.61. The number of carbonyl (C=O) groups is 2. The fourth-order valence-corrected chi connectivity index (χ4v) is 5.46.